The first kappa shape index (κ1) is 22.5. The molecule has 0 aliphatic carbocycles. The molecular weight excluding hydrogens is 468 g/mol. The molecule has 0 aromatic heterocycles. The number of anilines is 2. The van der Waals surface area contributed by atoms with Crippen LogP contribution in [0.15, 0.2) is 90.0 Å². The van der Waals surface area contributed by atoms with E-state index in [0.29, 0.717) is 31.0 Å². The summed E-state index contributed by atoms with van der Waals surface area (Å²) in [6, 6.07) is 14.8. The van der Waals surface area contributed by atoms with Crippen LogP contribution in [-0.2, 0) is 20.2 Å². The quantitative estimate of drug-likeness (QED) is 0.300. The fourth-order valence-electron chi connectivity index (χ4n) is 2.40. The van der Waals surface area contributed by atoms with Gasteiger partial charge in [-0.3, -0.25) is 9.11 Å². The van der Waals surface area contributed by atoms with E-state index in [9.17, 15) is 21.4 Å². The van der Waals surface area contributed by atoms with Crippen LogP contribution in [0.3, 0.4) is 0 Å². The Labute approximate surface area is 182 Å². The molecule has 0 aliphatic heterocycles. The molecule has 0 atom stereocenters. The maximum Gasteiger partial charge on any atom is 0.295 e. The van der Waals surface area contributed by atoms with Crippen LogP contribution in [0.1, 0.15) is 0 Å². The monoisotopic (exact) mass is 484 g/mol. The molecule has 3 aromatic rings. The van der Waals surface area contributed by atoms with Gasteiger partial charge in [-0.15, -0.1) is 0 Å². The van der Waals surface area contributed by atoms with Crippen LogP contribution in [0.5, 0.6) is 0 Å². The highest BCUT2D eigenvalue weighted by molar-refractivity contribution is 8.00. The molecule has 0 bridgehead atoms. The van der Waals surface area contributed by atoms with Crippen LogP contribution < -0.4 is 11.5 Å². The van der Waals surface area contributed by atoms with Crippen LogP contribution in [0.2, 0.25) is 0 Å². The van der Waals surface area contributed by atoms with Gasteiger partial charge in [0.2, 0.25) is 0 Å². The Bertz CT molecular complexity index is 1310. The lowest BCUT2D eigenvalue weighted by Crippen LogP contribution is -2.01. The molecule has 3 rings (SSSR count). The SMILES string of the molecule is Nc1ccc(Sc2ccc(Sc3ccc(S(=O)(=O)O)cc3)cc2S(=O)(=O)O)cc1N. The Hall–Kier alpha value is -2.22. The van der Waals surface area contributed by atoms with Crippen LogP contribution in [0, 0.1) is 0 Å². The largest absolute Gasteiger partial charge is 0.397 e. The maximum atomic E-state index is 11.9. The molecule has 0 saturated carbocycles. The average Bonchev–Trinajstić information content (AvgIpc) is 2.65. The lowest BCUT2D eigenvalue weighted by Gasteiger charge is -2.10. The predicted molar refractivity (Wildman–Crippen MR) is 116 cm³/mol. The van der Waals surface area contributed by atoms with Crippen molar-refractivity contribution in [2.45, 2.75) is 29.4 Å². The zero-order valence-electron chi connectivity index (χ0n) is 15.1. The van der Waals surface area contributed by atoms with Crippen molar-refractivity contribution in [3.63, 3.8) is 0 Å². The minimum absolute atomic E-state index is 0.250. The number of nitrogen functional groups attached to an aromatic ring is 2. The van der Waals surface area contributed by atoms with E-state index in [1.807, 2.05) is 0 Å². The highest BCUT2D eigenvalue weighted by atomic mass is 32.2. The van der Waals surface area contributed by atoms with Crippen LogP contribution >= 0.6 is 23.5 Å². The second-order valence-corrected chi connectivity index (χ2v) is 11.1. The number of benzene rings is 3. The predicted octanol–water partition coefficient (Wildman–Crippen LogP) is 3.65. The van der Waals surface area contributed by atoms with Crippen molar-refractivity contribution in [3.8, 4) is 0 Å². The first-order valence-corrected chi connectivity index (χ1v) is 12.6. The number of rotatable bonds is 6. The van der Waals surface area contributed by atoms with Gasteiger partial charge in [-0.2, -0.15) is 16.8 Å². The standard InChI is InChI=1S/C18H16N2O6S4/c19-15-7-3-12(9-16(15)20)28-17-8-4-13(10-18(17)30(24,25)26)27-11-1-5-14(6-2-11)29(21,22)23/h1-10H,19-20H2,(H,21,22,23)(H,24,25,26). The van der Waals surface area contributed by atoms with E-state index >= 15 is 0 Å². The van der Waals surface area contributed by atoms with Crippen LogP contribution in [0.4, 0.5) is 11.4 Å². The Kier molecular flexibility index (Phi) is 6.36. The van der Waals surface area contributed by atoms with Crippen molar-refractivity contribution in [1.82, 2.24) is 0 Å². The third-order valence-corrected chi connectivity index (χ3v) is 7.79. The Morgan fingerprint density at radius 2 is 1.20 bits per heavy atom. The number of hydrogen-bond acceptors (Lipinski definition) is 8. The molecule has 8 nitrogen and oxygen atoms in total. The van der Waals surface area contributed by atoms with Gasteiger partial charge in [0, 0.05) is 19.6 Å². The van der Waals surface area contributed by atoms with Gasteiger partial charge >= 0.3 is 0 Å². The fourth-order valence-corrected chi connectivity index (χ4v) is 5.72. The summed E-state index contributed by atoms with van der Waals surface area (Å²) < 4.78 is 64.8. The molecule has 6 N–H and O–H groups in total. The van der Waals surface area contributed by atoms with Crippen molar-refractivity contribution in [1.29, 1.82) is 0 Å². The molecule has 3 aromatic carbocycles. The maximum absolute atomic E-state index is 11.9. The minimum atomic E-state index is -4.52. The summed E-state index contributed by atoms with van der Waals surface area (Å²) in [7, 11) is -8.82. The molecule has 12 heteroatoms. The van der Waals surface area contributed by atoms with Crippen molar-refractivity contribution in [2.24, 2.45) is 0 Å². The van der Waals surface area contributed by atoms with Crippen molar-refractivity contribution in [3.05, 3.63) is 60.7 Å². The van der Waals surface area contributed by atoms with Crippen molar-refractivity contribution < 1.29 is 25.9 Å². The summed E-state index contributed by atoms with van der Waals surface area (Å²) in [4.78, 5) is 1.53. The van der Waals surface area contributed by atoms with Crippen LogP contribution in [-0.4, -0.2) is 25.9 Å². The van der Waals surface area contributed by atoms with Crippen molar-refractivity contribution in [2.75, 3.05) is 11.5 Å². The lowest BCUT2D eigenvalue weighted by atomic mass is 10.3. The smallest absolute Gasteiger partial charge is 0.295 e. The van der Waals surface area contributed by atoms with E-state index in [4.69, 9.17) is 16.0 Å². The van der Waals surface area contributed by atoms with Gasteiger partial charge in [0.25, 0.3) is 20.2 Å². The molecule has 0 spiro atoms. The first-order valence-electron chi connectivity index (χ1n) is 8.13. The third kappa shape index (κ3) is 5.47. The zero-order valence-corrected chi connectivity index (χ0v) is 18.4. The summed E-state index contributed by atoms with van der Waals surface area (Å²) in [6.07, 6.45) is 0. The summed E-state index contributed by atoms with van der Waals surface area (Å²) in [6.45, 7) is 0. The molecule has 0 heterocycles. The highest BCUT2D eigenvalue weighted by Gasteiger charge is 2.18. The molecule has 0 aliphatic rings. The molecule has 0 saturated heterocycles. The molecule has 0 fully saturated rings. The molecule has 0 radical (unpaired) electrons. The summed E-state index contributed by atoms with van der Waals surface area (Å²) in [5, 5.41) is 0. The Morgan fingerprint density at radius 1 is 0.633 bits per heavy atom. The first-order chi connectivity index (χ1) is 13.9. The topological polar surface area (TPSA) is 161 Å². The van der Waals surface area contributed by atoms with Gasteiger partial charge in [-0.25, -0.2) is 0 Å². The molecule has 30 heavy (non-hydrogen) atoms. The average molecular weight is 485 g/mol. The normalized spacial score (nSPS) is 12.1. The molecule has 0 amide bonds. The van der Waals surface area contributed by atoms with E-state index in [0.717, 1.165) is 23.5 Å². The van der Waals surface area contributed by atoms with E-state index in [1.54, 1.807) is 30.3 Å². The van der Waals surface area contributed by atoms with Gasteiger partial charge in [0.15, 0.2) is 0 Å². The Morgan fingerprint density at radius 3 is 1.77 bits per heavy atom. The van der Waals surface area contributed by atoms with Gasteiger partial charge in [0.05, 0.1) is 16.3 Å². The third-order valence-electron chi connectivity index (χ3n) is 3.84. The van der Waals surface area contributed by atoms with Crippen molar-refractivity contribution >= 4 is 55.1 Å². The summed E-state index contributed by atoms with van der Waals surface area (Å²) >= 11 is 2.26. The highest BCUT2D eigenvalue weighted by Crippen LogP contribution is 2.38. The van der Waals surface area contributed by atoms with E-state index in [-0.39, 0.29) is 9.79 Å². The van der Waals surface area contributed by atoms with E-state index < -0.39 is 20.2 Å². The van der Waals surface area contributed by atoms with E-state index in [2.05, 4.69) is 0 Å². The number of hydrogen-bond donors (Lipinski definition) is 4. The van der Waals surface area contributed by atoms with Gasteiger partial charge in [-0.05, 0) is 60.7 Å². The number of nitrogens with two attached hydrogens (primary N) is 2. The minimum Gasteiger partial charge on any atom is -0.397 e. The second-order valence-electron chi connectivity index (χ2n) is 6.02. The zero-order chi connectivity index (χ0) is 22.1. The van der Waals surface area contributed by atoms with Crippen LogP contribution in [0.25, 0.3) is 0 Å². The van der Waals surface area contributed by atoms with Gasteiger partial charge < -0.3 is 11.5 Å². The molecular formula is C18H16N2O6S4. The van der Waals surface area contributed by atoms with E-state index in [1.165, 1.54) is 30.3 Å². The molecule has 0 unspecified atom stereocenters. The fraction of sp³-hybridized carbons (Fsp3) is 0. The lowest BCUT2D eigenvalue weighted by molar-refractivity contribution is 0.479. The molecule has 158 valence electrons. The van der Waals surface area contributed by atoms with Gasteiger partial charge in [-0.1, -0.05) is 23.5 Å². The Balaban J connectivity index is 1.92. The van der Waals surface area contributed by atoms with Gasteiger partial charge in [0.1, 0.15) is 4.90 Å². The second kappa shape index (κ2) is 8.49. The summed E-state index contributed by atoms with van der Waals surface area (Å²) in [5.74, 6) is 0. The summed E-state index contributed by atoms with van der Waals surface area (Å²) in [5.41, 5.74) is 12.2.